The summed E-state index contributed by atoms with van der Waals surface area (Å²) in [4.78, 5) is 0. The molecule has 1 atom stereocenters. The van der Waals surface area contributed by atoms with Gasteiger partial charge < -0.3 is 10.1 Å². The van der Waals surface area contributed by atoms with E-state index in [2.05, 4.69) is 5.32 Å². The van der Waals surface area contributed by atoms with Crippen LogP contribution < -0.4 is 5.32 Å². The molecule has 1 N–H and O–H groups in total. The summed E-state index contributed by atoms with van der Waals surface area (Å²) in [6.45, 7) is 2.95. The van der Waals surface area contributed by atoms with E-state index < -0.39 is 0 Å². The van der Waals surface area contributed by atoms with Gasteiger partial charge in [0.25, 0.3) is 0 Å². The number of hydrogen-bond donors (Lipinski definition) is 1. The summed E-state index contributed by atoms with van der Waals surface area (Å²) < 4.78 is 19.9. The minimum absolute atomic E-state index is 0.107. The fourth-order valence-corrected chi connectivity index (χ4v) is 3.91. The van der Waals surface area contributed by atoms with Gasteiger partial charge in [0.15, 0.2) is 0 Å². The van der Waals surface area contributed by atoms with Gasteiger partial charge in [0.1, 0.15) is 5.82 Å². The van der Waals surface area contributed by atoms with Crippen molar-refractivity contribution in [1.82, 2.24) is 5.32 Å². The maximum atomic E-state index is 13.7. The number of hydrogen-bond acceptors (Lipinski definition) is 2. The normalized spacial score (nSPS) is 27.8. The number of ether oxygens (including phenoxy) is 1. The molecule has 0 unspecified atom stereocenters. The number of fused-ring (bicyclic) bond motifs is 2. The fourth-order valence-electron chi connectivity index (χ4n) is 3.91. The predicted octanol–water partition coefficient (Wildman–Crippen LogP) is 3.32. The summed E-state index contributed by atoms with van der Waals surface area (Å²) in [5.41, 5.74) is 2.62. The molecule has 108 valence electrons. The van der Waals surface area contributed by atoms with Crippen LogP contribution in [0.25, 0.3) is 0 Å². The second kappa shape index (κ2) is 4.81. The number of rotatable bonds is 3. The Bertz CT molecular complexity index is 506. The van der Waals surface area contributed by atoms with Crippen molar-refractivity contribution >= 4 is 0 Å². The number of piperidine rings is 1. The van der Waals surface area contributed by atoms with Crippen molar-refractivity contribution in [3.05, 3.63) is 35.1 Å². The van der Waals surface area contributed by atoms with Crippen molar-refractivity contribution < 1.29 is 9.13 Å². The second-order valence-electron chi connectivity index (χ2n) is 6.73. The standard InChI is InChI=1S/C17H22FNO/c18-13-3-4-14-15(9-13)17(5-7-19-8-6-17)10-16(14)20-11-12-1-2-12/h3-4,9,12,16,19H,1-2,5-8,10-11H2/t16-/m1/s1. The van der Waals surface area contributed by atoms with Crippen LogP contribution in [0.5, 0.6) is 0 Å². The molecule has 2 aliphatic carbocycles. The maximum Gasteiger partial charge on any atom is 0.123 e. The highest BCUT2D eigenvalue weighted by Crippen LogP contribution is 2.51. The van der Waals surface area contributed by atoms with E-state index in [4.69, 9.17) is 4.74 Å². The Kier molecular flexibility index (Phi) is 3.08. The first-order valence-electron chi connectivity index (χ1n) is 7.89. The molecular weight excluding hydrogens is 253 g/mol. The molecule has 2 nitrogen and oxygen atoms in total. The lowest BCUT2D eigenvalue weighted by Crippen LogP contribution is -2.38. The van der Waals surface area contributed by atoms with Gasteiger partial charge in [-0.05, 0) is 74.4 Å². The van der Waals surface area contributed by atoms with Crippen LogP contribution in [-0.2, 0) is 10.2 Å². The summed E-state index contributed by atoms with van der Waals surface area (Å²) in [6, 6.07) is 5.31. The largest absolute Gasteiger partial charge is 0.373 e. The van der Waals surface area contributed by atoms with Crippen molar-refractivity contribution in [3.63, 3.8) is 0 Å². The molecule has 1 saturated heterocycles. The average molecular weight is 275 g/mol. The zero-order chi connectivity index (χ0) is 13.6. The van der Waals surface area contributed by atoms with Gasteiger partial charge >= 0.3 is 0 Å². The van der Waals surface area contributed by atoms with Crippen molar-refractivity contribution in [2.75, 3.05) is 19.7 Å². The van der Waals surface area contributed by atoms with Crippen LogP contribution in [0.2, 0.25) is 0 Å². The third-order valence-electron chi connectivity index (χ3n) is 5.30. The smallest absolute Gasteiger partial charge is 0.123 e. The Hall–Kier alpha value is -0.930. The van der Waals surface area contributed by atoms with Gasteiger partial charge in [-0.2, -0.15) is 0 Å². The lowest BCUT2D eigenvalue weighted by Gasteiger charge is -2.35. The van der Waals surface area contributed by atoms with Crippen LogP contribution in [-0.4, -0.2) is 19.7 Å². The summed E-state index contributed by atoms with van der Waals surface area (Å²) in [5, 5.41) is 3.42. The summed E-state index contributed by atoms with van der Waals surface area (Å²) in [5.74, 6) is 0.674. The van der Waals surface area contributed by atoms with Crippen molar-refractivity contribution in [2.45, 2.75) is 43.6 Å². The monoisotopic (exact) mass is 275 g/mol. The fraction of sp³-hybridized carbons (Fsp3) is 0.647. The van der Waals surface area contributed by atoms with E-state index >= 15 is 0 Å². The first kappa shape index (κ1) is 12.8. The van der Waals surface area contributed by atoms with Gasteiger partial charge in [0, 0.05) is 5.41 Å². The zero-order valence-corrected chi connectivity index (χ0v) is 11.8. The quantitative estimate of drug-likeness (QED) is 0.913. The Morgan fingerprint density at radius 1 is 1.25 bits per heavy atom. The molecule has 1 saturated carbocycles. The first-order valence-corrected chi connectivity index (χ1v) is 7.89. The average Bonchev–Trinajstić information content (AvgIpc) is 3.25. The summed E-state index contributed by atoms with van der Waals surface area (Å²) in [7, 11) is 0. The lowest BCUT2D eigenvalue weighted by atomic mass is 9.74. The minimum atomic E-state index is -0.107. The topological polar surface area (TPSA) is 21.3 Å². The highest BCUT2D eigenvalue weighted by atomic mass is 19.1. The molecule has 1 aromatic carbocycles. The van der Waals surface area contributed by atoms with Crippen LogP contribution in [0.4, 0.5) is 4.39 Å². The van der Waals surface area contributed by atoms with Gasteiger partial charge in [-0.1, -0.05) is 6.07 Å². The Balaban J connectivity index is 1.64. The minimum Gasteiger partial charge on any atom is -0.373 e. The third kappa shape index (κ3) is 2.17. The van der Waals surface area contributed by atoms with Crippen molar-refractivity contribution in [1.29, 1.82) is 0 Å². The van der Waals surface area contributed by atoms with Gasteiger partial charge in [0.05, 0.1) is 12.7 Å². The molecular formula is C17H22FNO. The molecule has 4 rings (SSSR count). The predicted molar refractivity (Wildman–Crippen MR) is 76.2 cm³/mol. The van der Waals surface area contributed by atoms with Gasteiger partial charge in [0.2, 0.25) is 0 Å². The SMILES string of the molecule is Fc1ccc2c(c1)C1(CCNCC1)C[C@H]2OCC1CC1. The van der Waals surface area contributed by atoms with E-state index in [0.717, 1.165) is 44.9 Å². The Morgan fingerprint density at radius 2 is 2.05 bits per heavy atom. The lowest BCUT2D eigenvalue weighted by molar-refractivity contribution is 0.0321. The number of benzene rings is 1. The van der Waals surface area contributed by atoms with Crippen LogP contribution in [0.1, 0.15) is 49.3 Å². The van der Waals surface area contributed by atoms with Gasteiger partial charge in [-0.25, -0.2) is 4.39 Å². The zero-order valence-electron chi connectivity index (χ0n) is 11.8. The summed E-state index contributed by atoms with van der Waals surface area (Å²) in [6.07, 6.45) is 6.07. The molecule has 0 amide bonds. The van der Waals surface area contributed by atoms with E-state index in [1.807, 2.05) is 6.07 Å². The van der Waals surface area contributed by atoms with Crippen LogP contribution in [0.15, 0.2) is 18.2 Å². The van der Waals surface area contributed by atoms with Crippen molar-refractivity contribution in [2.24, 2.45) is 5.92 Å². The molecule has 0 bridgehead atoms. The van der Waals surface area contributed by atoms with E-state index in [9.17, 15) is 4.39 Å². The van der Waals surface area contributed by atoms with Crippen molar-refractivity contribution in [3.8, 4) is 0 Å². The molecule has 2 fully saturated rings. The molecule has 1 heterocycles. The number of halogens is 1. The van der Waals surface area contributed by atoms with E-state index in [1.54, 1.807) is 12.1 Å². The van der Waals surface area contributed by atoms with Crippen LogP contribution in [0, 0.1) is 11.7 Å². The van der Waals surface area contributed by atoms with Gasteiger partial charge in [-0.15, -0.1) is 0 Å². The molecule has 0 radical (unpaired) electrons. The molecule has 0 aromatic heterocycles. The molecule has 1 aliphatic heterocycles. The maximum absolute atomic E-state index is 13.7. The van der Waals surface area contributed by atoms with E-state index in [1.165, 1.54) is 24.0 Å². The third-order valence-corrected chi connectivity index (χ3v) is 5.30. The highest BCUT2D eigenvalue weighted by molar-refractivity contribution is 5.42. The van der Waals surface area contributed by atoms with Crippen LogP contribution in [0.3, 0.4) is 0 Å². The second-order valence-corrected chi connectivity index (χ2v) is 6.73. The van der Waals surface area contributed by atoms with E-state index in [0.29, 0.717) is 0 Å². The molecule has 20 heavy (non-hydrogen) atoms. The Morgan fingerprint density at radius 3 is 2.80 bits per heavy atom. The molecule has 3 heteroatoms. The first-order chi connectivity index (χ1) is 9.77. The number of nitrogens with one attached hydrogen (secondary N) is 1. The van der Waals surface area contributed by atoms with E-state index in [-0.39, 0.29) is 17.3 Å². The van der Waals surface area contributed by atoms with Crippen LogP contribution >= 0.6 is 0 Å². The highest BCUT2D eigenvalue weighted by Gasteiger charge is 2.45. The Labute approximate surface area is 119 Å². The summed E-state index contributed by atoms with van der Waals surface area (Å²) >= 11 is 0. The molecule has 1 spiro atoms. The molecule has 3 aliphatic rings. The van der Waals surface area contributed by atoms with Gasteiger partial charge in [-0.3, -0.25) is 0 Å². The molecule has 1 aromatic rings.